The Kier molecular flexibility index (Phi) is 4.63. The van der Waals surface area contributed by atoms with Crippen LogP contribution in [0.1, 0.15) is 21.6 Å². The maximum Gasteiger partial charge on any atom is 0.328 e. The van der Waals surface area contributed by atoms with Crippen LogP contribution in [0.5, 0.6) is 11.5 Å². The van der Waals surface area contributed by atoms with Crippen molar-refractivity contribution in [3.8, 4) is 11.5 Å². The molecule has 0 bridgehead atoms. The summed E-state index contributed by atoms with van der Waals surface area (Å²) in [7, 11) is 0. The molecule has 1 aliphatic rings. The van der Waals surface area contributed by atoms with Crippen molar-refractivity contribution in [2.24, 2.45) is 0 Å². The maximum atomic E-state index is 12.7. The van der Waals surface area contributed by atoms with E-state index in [1.807, 2.05) is 0 Å². The van der Waals surface area contributed by atoms with Gasteiger partial charge in [0.25, 0.3) is 11.5 Å². The van der Waals surface area contributed by atoms with Gasteiger partial charge in [0.15, 0.2) is 11.5 Å². The third kappa shape index (κ3) is 3.50. The van der Waals surface area contributed by atoms with E-state index >= 15 is 0 Å². The molecule has 1 aliphatic heterocycles. The third-order valence-corrected chi connectivity index (χ3v) is 4.24. The van der Waals surface area contributed by atoms with Crippen molar-refractivity contribution < 1.29 is 14.3 Å². The summed E-state index contributed by atoms with van der Waals surface area (Å²) in [6, 6.07) is 10.5. The molecule has 9 nitrogen and oxygen atoms in total. The Morgan fingerprint density at radius 3 is 2.86 bits per heavy atom. The standard InChI is InChI=1S/C19H16N4O5/c24-17(21-8-13-3-1-2-6-20-13)14-9-22-19(26)23(18(14)25)10-12-4-5-15-16(7-12)28-11-27-15/h1-7,9H,8,10-11H2,(H,21,24)(H,22,26). The minimum Gasteiger partial charge on any atom is -0.454 e. The van der Waals surface area contributed by atoms with Crippen LogP contribution in [0.25, 0.3) is 0 Å². The number of hydrogen-bond donors (Lipinski definition) is 2. The molecule has 2 N–H and O–H groups in total. The summed E-state index contributed by atoms with van der Waals surface area (Å²) in [6.45, 7) is 0.289. The van der Waals surface area contributed by atoms with E-state index in [4.69, 9.17) is 9.47 Å². The van der Waals surface area contributed by atoms with Crippen molar-refractivity contribution in [3.63, 3.8) is 0 Å². The Balaban J connectivity index is 1.56. The molecule has 9 heteroatoms. The number of nitrogens with zero attached hydrogens (tertiary/aromatic N) is 2. The number of hydrogen-bond acceptors (Lipinski definition) is 6. The quantitative estimate of drug-likeness (QED) is 0.671. The fraction of sp³-hybridized carbons (Fsp3) is 0.158. The molecule has 0 atom stereocenters. The molecule has 1 aromatic carbocycles. The number of amides is 1. The molecule has 0 unspecified atom stereocenters. The summed E-state index contributed by atoms with van der Waals surface area (Å²) < 4.78 is 11.5. The fourth-order valence-electron chi connectivity index (χ4n) is 2.81. The van der Waals surface area contributed by atoms with Crippen LogP contribution in [0.2, 0.25) is 0 Å². The monoisotopic (exact) mass is 380 g/mol. The van der Waals surface area contributed by atoms with E-state index in [0.717, 1.165) is 10.8 Å². The summed E-state index contributed by atoms with van der Waals surface area (Å²) in [5, 5.41) is 2.63. The van der Waals surface area contributed by atoms with Crippen LogP contribution in [0.15, 0.2) is 58.4 Å². The number of aromatic nitrogens is 3. The summed E-state index contributed by atoms with van der Waals surface area (Å²) in [4.78, 5) is 43.8. The van der Waals surface area contributed by atoms with Crippen molar-refractivity contribution in [1.82, 2.24) is 19.9 Å². The van der Waals surface area contributed by atoms with Gasteiger partial charge in [-0.25, -0.2) is 4.79 Å². The van der Waals surface area contributed by atoms with E-state index in [1.54, 1.807) is 42.6 Å². The first-order chi connectivity index (χ1) is 13.6. The predicted octanol–water partition coefficient (Wildman–Crippen LogP) is 0.639. The zero-order valence-electron chi connectivity index (χ0n) is 14.7. The molecule has 0 fully saturated rings. The lowest BCUT2D eigenvalue weighted by atomic mass is 10.2. The van der Waals surface area contributed by atoms with Crippen molar-refractivity contribution in [2.45, 2.75) is 13.1 Å². The van der Waals surface area contributed by atoms with Gasteiger partial charge in [-0.2, -0.15) is 0 Å². The number of pyridine rings is 1. The Hall–Kier alpha value is -3.88. The number of carbonyl (C=O) groups excluding carboxylic acids is 1. The molecule has 1 amide bonds. The summed E-state index contributed by atoms with van der Waals surface area (Å²) >= 11 is 0. The highest BCUT2D eigenvalue weighted by Gasteiger charge is 2.17. The number of rotatable bonds is 5. The normalized spacial score (nSPS) is 12.0. The topological polar surface area (TPSA) is 115 Å². The third-order valence-electron chi connectivity index (χ3n) is 4.24. The Morgan fingerprint density at radius 2 is 2.04 bits per heavy atom. The highest BCUT2D eigenvalue weighted by atomic mass is 16.7. The van der Waals surface area contributed by atoms with Crippen LogP contribution >= 0.6 is 0 Å². The fourth-order valence-corrected chi connectivity index (χ4v) is 2.81. The average molecular weight is 380 g/mol. The van der Waals surface area contributed by atoms with E-state index in [2.05, 4.69) is 15.3 Å². The number of fused-ring (bicyclic) bond motifs is 1. The Bertz CT molecular complexity index is 1140. The van der Waals surface area contributed by atoms with Crippen molar-refractivity contribution in [2.75, 3.05) is 6.79 Å². The summed E-state index contributed by atoms with van der Waals surface area (Å²) in [5.41, 5.74) is -0.121. The number of benzene rings is 1. The molecule has 0 aliphatic carbocycles. The van der Waals surface area contributed by atoms with Crippen LogP contribution in [-0.2, 0) is 13.1 Å². The van der Waals surface area contributed by atoms with Gasteiger partial charge >= 0.3 is 5.69 Å². The van der Waals surface area contributed by atoms with Gasteiger partial charge in [-0.05, 0) is 29.8 Å². The van der Waals surface area contributed by atoms with Gasteiger partial charge in [-0.3, -0.25) is 19.1 Å². The number of carbonyl (C=O) groups is 1. The van der Waals surface area contributed by atoms with Crippen molar-refractivity contribution in [3.05, 3.63) is 86.5 Å². The van der Waals surface area contributed by atoms with Gasteiger partial charge in [-0.1, -0.05) is 12.1 Å². The van der Waals surface area contributed by atoms with Gasteiger partial charge in [0.05, 0.1) is 18.8 Å². The zero-order chi connectivity index (χ0) is 19.5. The Labute approximate surface area is 158 Å². The molecule has 2 aromatic heterocycles. The average Bonchev–Trinajstić information content (AvgIpc) is 3.18. The van der Waals surface area contributed by atoms with E-state index in [-0.39, 0.29) is 25.4 Å². The summed E-state index contributed by atoms with van der Waals surface area (Å²) in [6.07, 6.45) is 2.73. The highest BCUT2D eigenvalue weighted by molar-refractivity contribution is 5.93. The molecule has 28 heavy (non-hydrogen) atoms. The number of nitrogens with one attached hydrogen (secondary N) is 2. The minimum absolute atomic E-state index is 0.00777. The molecule has 3 aromatic rings. The van der Waals surface area contributed by atoms with E-state index in [1.165, 1.54) is 0 Å². The molecule has 0 spiro atoms. The lowest BCUT2D eigenvalue weighted by Gasteiger charge is -2.08. The smallest absolute Gasteiger partial charge is 0.328 e. The number of ether oxygens (including phenoxy) is 2. The van der Waals surface area contributed by atoms with Crippen molar-refractivity contribution >= 4 is 5.91 Å². The first kappa shape index (κ1) is 17.5. The molecule has 142 valence electrons. The predicted molar refractivity (Wildman–Crippen MR) is 98.4 cm³/mol. The van der Waals surface area contributed by atoms with E-state index < -0.39 is 17.2 Å². The molecule has 3 heterocycles. The second-order valence-corrected chi connectivity index (χ2v) is 6.09. The van der Waals surface area contributed by atoms with Gasteiger partial charge in [0.2, 0.25) is 6.79 Å². The zero-order valence-corrected chi connectivity index (χ0v) is 14.7. The largest absolute Gasteiger partial charge is 0.454 e. The van der Waals surface area contributed by atoms with Crippen molar-refractivity contribution in [1.29, 1.82) is 0 Å². The van der Waals surface area contributed by atoms with E-state index in [0.29, 0.717) is 22.8 Å². The molecule has 0 saturated heterocycles. The Morgan fingerprint density at radius 1 is 1.18 bits per heavy atom. The maximum absolute atomic E-state index is 12.7. The van der Waals surface area contributed by atoms with Crippen LogP contribution in [0.4, 0.5) is 0 Å². The lowest BCUT2D eigenvalue weighted by molar-refractivity contribution is 0.0947. The first-order valence-electron chi connectivity index (χ1n) is 8.51. The molecule has 4 rings (SSSR count). The second-order valence-electron chi connectivity index (χ2n) is 6.09. The SMILES string of the molecule is O=C(NCc1ccccn1)c1c[nH]c(=O)n(Cc2ccc3c(c2)OCO3)c1=O. The number of H-pyrrole nitrogens is 1. The molecule has 0 radical (unpaired) electrons. The number of aromatic amines is 1. The first-order valence-corrected chi connectivity index (χ1v) is 8.51. The minimum atomic E-state index is -0.681. The lowest BCUT2D eigenvalue weighted by Crippen LogP contribution is -2.40. The van der Waals surface area contributed by atoms with Crippen LogP contribution < -0.4 is 26.0 Å². The van der Waals surface area contributed by atoms with Gasteiger partial charge in [-0.15, -0.1) is 0 Å². The molecule has 0 saturated carbocycles. The van der Waals surface area contributed by atoms with Gasteiger partial charge in [0, 0.05) is 12.4 Å². The summed E-state index contributed by atoms with van der Waals surface area (Å²) in [5.74, 6) is 0.560. The van der Waals surface area contributed by atoms with Gasteiger partial charge in [0.1, 0.15) is 5.56 Å². The molecular weight excluding hydrogens is 364 g/mol. The highest BCUT2D eigenvalue weighted by Crippen LogP contribution is 2.32. The van der Waals surface area contributed by atoms with Crippen LogP contribution in [0.3, 0.4) is 0 Å². The van der Waals surface area contributed by atoms with Crippen LogP contribution in [0, 0.1) is 0 Å². The second kappa shape index (κ2) is 7.39. The van der Waals surface area contributed by atoms with E-state index in [9.17, 15) is 14.4 Å². The van der Waals surface area contributed by atoms with Gasteiger partial charge < -0.3 is 19.8 Å². The molecular formula is C19H16N4O5. The van der Waals surface area contributed by atoms with Crippen LogP contribution in [-0.4, -0.2) is 27.2 Å².